The van der Waals surface area contributed by atoms with E-state index in [1.54, 1.807) is 12.1 Å². The number of H-pyrrole nitrogens is 1. The molecule has 1 aliphatic rings. The molecule has 0 spiro atoms. The van der Waals surface area contributed by atoms with E-state index in [0.717, 1.165) is 37.3 Å². The minimum absolute atomic E-state index is 0.211. The van der Waals surface area contributed by atoms with Gasteiger partial charge >= 0.3 is 0 Å². The SMILES string of the molecule is CCC(=O)N1CCC(c2nc(-c3ccc(F)cc3)n[nH]2)CC1. The molecule has 1 N–H and O–H groups in total. The fraction of sp³-hybridized carbons (Fsp3) is 0.438. The van der Waals surface area contributed by atoms with Crippen molar-refractivity contribution < 1.29 is 9.18 Å². The van der Waals surface area contributed by atoms with Crippen LogP contribution in [0.4, 0.5) is 4.39 Å². The number of likely N-dealkylation sites (tertiary alicyclic amines) is 1. The summed E-state index contributed by atoms with van der Waals surface area (Å²) in [6, 6.07) is 6.15. The first-order valence-corrected chi connectivity index (χ1v) is 7.63. The number of amides is 1. The Morgan fingerprint density at radius 3 is 2.64 bits per heavy atom. The van der Waals surface area contributed by atoms with E-state index < -0.39 is 0 Å². The summed E-state index contributed by atoms with van der Waals surface area (Å²) in [5.41, 5.74) is 0.794. The monoisotopic (exact) mass is 302 g/mol. The molecule has 0 bridgehead atoms. The summed E-state index contributed by atoms with van der Waals surface area (Å²) in [4.78, 5) is 18.1. The quantitative estimate of drug-likeness (QED) is 0.948. The highest BCUT2D eigenvalue weighted by atomic mass is 19.1. The number of halogens is 1. The number of benzene rings is 1. The van der Waals surface area contributed by atoms with Crippen LogP contribution < -0.4 is 0 Å². The zero-order valence-corrected chi connectivity index (χ0v) is 12.6. The predicted octanol–water partition coefficient (Wildman–Crippen LogP) is 2.73. The van der Waals surface area contributed by atoms with Gasteiger partial charge in [0.2, 0.25) is 5.91 Å². The van der Waals surface area contributed by atoms with Gasteiger partial charge in [-0.3, -0.25) is 9.89 Å². The van der Waals surface area contributed by atoms with Crippen LogP contribution in [0.5, 0.6) is 0 Å². The molecule has 22 heavy (non-hydrogen) atoms. The summed E-state index contributed by atoms with van der Waals surface area (Å²) >= 11 is 0. The molecule has 3 rings (SSSR count). The number of rotatable bonds is 3. The molecule has 0 unspecified atom stereocenters. The summed E-state index contributed by atoms with van der Waals surface area (Å²) in [5.74, 6) is 1.67. The van der Waals surface area contributed by atoms with Crippen molar-refractivity contribution in [3.8, 4) is 11.4 Å². The van der Waals surface area contributed by atoms with Crippen LogP contribution in [0.3, 0.4) is 0 Å². The van der Waals surface area contributed by atoms with E-state index in [9.17, 15) is 9.18 Å². The van der Waals surface area contributed by atoms with Gasteiger partial charge in [0, 0.05) is 31.0 Å². The molecular formula is C16H19FN4O. The van der Waals surface area contributed by atoms with Crippen LogP contribution in [-0.4, -0.2) is 39.1 Å². The van der Waals surface area contributed by atoms with Crippen LogP contribution in [0.25, 0.3) is 11.4 Å². The smallest absolute Gasteiger partial charge is 0.222 e. The van der Waals surface area contributed by atoms with E-state index in [-0.39, 0.29) is 11.7 Å². The molecule has 0 saturated carbocycles. The van der Waals surface area contributed by atoms with Gasteiger partial charge < -0.3 is 4.90 Å². The molecule has 2 heterocycles. The van der Waals surface area contributed by atoms with Crippen molar-refractivity contribution in [2.75, 3.05) is 13.1 Å². The number of nitrogens with zero attached hydrogens (tertiary/aromatic N) is 3. The molecule has 116 valence electrons. The van der Waals surface area contributed by atoms with E-state index in [1.165, 1.54) is 12.1 Å². The number of nitrogens with one attached hydrogen (secondary N) is 1. The fourth-order valence-corrected chi connectivity index (χ4v) is 2.81. The van der Waals surface area contributed by atoms with Gasteiger partial charge in [-0.1, -0.05) is 6.92 Å². The molecule has 1 aromatic heterocycles. The normalized spacial score (nSPS) is 16.0. The zero-order valence-electron chi connectivity index (χ0n) is 12.6. The lowest BCUT2D eigenvalue weighted by molar-refractivity contribution is -0.131. The van der Waals surface area contributed by atoms with Crippen LogP contribution in [-0.2, 0) is 4.79 Å². The third kappa shape index (κ3) is 3.00. The number of piperidine rings is 1. The van der Waals surface area contributed by atoms with Crippen molar-refractivity contribution in [2.24, 2.45) is 0 Å². The Hall–Kier alpha value is -2.24. The lowest BCUT2D eigenvalue weighted by Crippen LogP contribution is -2.37. The second kappa shape index (κ2) is 6.25. The first-order chi connectivity index (χ1) is 10.7. The summed E-state index contributed by atoms with van der Waals surface area (Å²) in [6.07, 6.45) is 2.34. The summed E-state index contributed by atoms with van der Waals surface area (Å²) in [6.45, 7) is 3.42. The second-order valence-electron chi connectivity index (χ2n) is 5.56. The number of hydrogen-bond donors (Lipinski definition) is 1. The molecule has 0 atom stereocenters. The Morgan fingerprint density at radius 1 is 1.32 bits per heavy atom. The van der Waals surface area contributed by atoms with Gasteiger partial charge in [-0.15, -0.1) is 0 Å². The molecule has 1 fully saturated rings. The van der Waals surface area contributed by atoms with E-state index in [0.29, 0.717) is 18.2 Å². The Morgan fingerprint density at radius 2 is 2.00 bits per heavy atom. The summed E-state index contributed by atoms with van der Waals surface area (Å²) in [5, 5.41) is 7.21. The maximum absolute atomic E-state index is 12.9. The predicted molar refractivity (Wildman–Crippen MR) is 80.6 cm³/mol. The third-order valence-corrected chi connectivity index (χ3v) is 4.14. The van der Waals surface area contributed by atoms with Gasteiger partial charge in [-0.25, -0.2) is 9.37 Å². The average Bonchev–Trinajstić information content (AvgIpc) is 3.05. The zero-order chi connectivity index (χ0) is 15.5. The average molecular weight is 302 g/mol. The van der Waals surface area contributed by atoms with E-state index in [4.69, 9.17) is 0 Å². The molecule has 0 radical (unpaired) electrons. The van der Waals surface area contributed by atoms with Crippen molar-refractivity contribution >= 4 is 5.91 Å². The summed E-state index contributed by atoms with van der Waals surface area (Å²) < 4.78 is 12.9. The van der Waals surface area contributed by atoms with Gasteiger partial charge in [0.15, 0.2) is 5.82 Å². The van der Waals surface area contributed by atoms with Crippen molar-refractivity contribution in [1.29, 1.82) is 0 Å². The summed E-state index contributed by atoms with van der Waals surface area (Å²) in [7, 11) is 0. The lowest BCUT2D eigenvalue weighted by Gasteiger charge is -2.30. The highest BCUT2D eigenvalue weighted by Gasteiger charge is 2.25. The van der Waals surface area contributed by atoms with Crippen LogP contribution in [0.2, 0.25) is 0 Å². The van der Waals surface area contributed by atoms with E-state index in [2.05, 4.69) is 15.2 Å². The Bertz CT molecular complexity index is 644. The third-order valence-electron chi connectivity index (χ3n) is 4.14. The number of hydrogen-bond acceptors (Lipinski definition) is 3. The molecule has 1 aromatic carbocycles. The molecule has 1 amide bonds. The van der Waals surface area contributed by atoms with Gasteiger partial charge in [0.25, 0.3) is 0 Å². The molecule has 1 aliphatic heterocycles. The van der Waals surface area contributed by atoms with Crippen molar-refractivity contribution in [2.45, 2.75) is 32.1 Å². The lowest BCUT2D eigenvalue weighted by atomic mass is 9.96. The van der Waals surface area contributed by atoms with Gasteiger partial charge in [-0.05, 0) is 37.1 Å². The van der Waals surface area contributed by atoms with Crippen molar-refractivity contribution in [3.05, 3.63) is 35.9 Å². The highest BCUT2D eigenvalue weighted by molar-refractivity contribution is 5.75. The standard InChI is InChI=1S/C16H19FN4O/c1-2-14(22)21-9-7-12(8-10-21)16-18-15(19-20-16)11-3-5-13(17)6-4-11/h3-6,12H,2,7-10H2,1H3,(H,18,19,20). The molecule has 1 saturated heterocycles. The Kier molecular flexibility index (Phi) is 4.18. The number of aromatic amines is 1. The van der Waals surface area contributed by atoms with E-state index >= 15 is 0 Å². The van der Waals surface area contributed by atoms with Crippen LogP contribution in [0.15, 0.2) is 24.3 Å². The topological polar surface area (TPSA) is 61.9 Å². The van der Waals surface area contributed by atoms with Crippen molar-refractivity contribution in [1.82, 2.24) is 20.1 Å². The van der Waals surface area contributed by atoms with Gasteiger partial charge in [-0.2, -0.15) is 5.10 Å². The van der Waals surface area contributed by atoms with Crippen LogP contribution >= 0.6 is 0 Å². The van der Waals surface area contributed by atoms with Crippen molar-refractivity contribution in [3.63, 3.8) is 0 Å². The highest BCUT2D eigenvalue weighted by Crippen LogP contribution is 2.27. The first-order valence-electron chi connectivity index (χ1n) is 7.63. The van der Waals surface area contributed by atoms with Gasteiger partial charge in [0.1, 0.15) is 11.6 Å². The molecular weight excluding hydrogens is 283 g/mol. The minimum atomic E-state index is -0.271. The second-order valence-corrected chi connectivity index (χ2v) is 5.56. The van der Waals surface area contributed by atoms with E-state index in [1.807, 2.05) is 11.8 Å². The Balaban J connectivity index is 1.67. The number of carbonyl (C=O) groups is 1. The number of carbonyl (C=O) groups excluding carboxylic acids is 1. The number of aromatic nitrogens is 3. The minimum Gasteiger partial charge on any atom is -0.343 e. The molecule has 2 aromatic rings. The van der Waals surface area contributed by atoms with Crippen LogP contribution in [0.1, 0.15) is 37.9 Å². The molecule has 0 aliphatic carbocycles. The Labute approximate surface area is 128 Å². The van der Waals surface area contributed by atoms with Crippen LogP contribution in [0, 0.1) is 5.82 Å². The molecule has 5 nitrogen and oxygen atoms in total. The first kappa shape index (κ1) is 14.7. The molecule has 6 heteroatoms. The maximum atomic E-state index is 12.9. The maximum Gasteiger partial charge on any atom is 0.222 e. The van der Waals surface area contributed by atoms with Gasteiger partial charge in [0.05, 0.1) is 0 Å². The fourth-order valence-electron chi connectivity index (χ4n) is 2.81. The largest absolute Gasteiger partial charge is 0.343 e.